The van der Waals surface area contributed by atoms with E-state index in [1.165, 1.54) is 4.40 Å². The lowest BCUT2D eigenvalue weighted by atomic mass is 10.3. The first kappa shape index (κ1) is 9.21. The van der Waals surface area contributed by atoms with Gasteiger partial charge in [0.05, 0.1) is 5.69 Å². The number of pyridine rings is 1. The normalized spacial score (nSPS) is 10.8. The van der Waals surface area contributed by atoms with Gasteiger partial charge in [-0.1, -0.05) is 11.6 Å². The highest BCUT2D eigenvalue weighted by Crippen LogP contribution is 2.09. The fourth-order valence-corrected chi connectivity index (χ4v) is 1.46. The summed E-state index contributed by atoms with van der Waals surface area (Å²) in [7, 11) is 0. The molecule has 2 aromatic heterocycles. The van der Waals surface area contributed by atoms with E-state index in [9.17, 15) is 4.79 Å². The fraction of sp³-hybridized carbons (Fsp3) is 0.200. The Labute approximate surface area is 86.0 Å². The predicted molar refractivity (Wildman–Crippen MR) is 55.9 cm³/mol. The number of hydrogen-bond donors (Lipinski definition) is 0. The fourth-order valence-electron chi connectivity index (χ4n) is 1.33. The van der Waals surface area contributed by atoms with Crippen molar-refractivity contribution >= 4 is 17.2 Å². The minimum absolute atomic E-state index is 0.186. The molecule has 4 heteroatoms. The summed E-state index contributed by atoms with van der Waals surface area (Å²) in [5, 5.41) is 0.186. The van der Waals surface area contributed by atoms with Gasteiger partial charge in [-0.2, -0.15) is 0 Å². The standard InChI is InChI=1S/C10H9ClN2O/c1-6-3-4-13-8(5-6)12-7(2)9(11)10(13)14/h3-5H,1-2H3. The number of rotatable bonds is 0. The molecule has 0 amide bonds. The maximum absolute atomic E-state index is 11.7. The van der Waals surface area contributed by atoms with E-state index in [0.29, 0.717) is 11.3 Å². The molecule has 0 aromatic carbocycles. The summed E-state index contributed by atoms with van der Waals surface area (Å²) < 4.78 is 1.45. The molecule has 14 heavy (non-hydrogen) atoms. The molecule has 0 atom stereocenters. The summed E-state index contributed by atoms with van der Waals surface area (Å²) in [6, 6.07) is 3.70. The van der Waals surface area contributed by atoms with Crippen molar-refractivity contribution in [2.45, 2.75) is 13.8 Å². The molecule has 0 spiro atoms. The van der Waals surface area contributed by atoms with Crippen LogP contribution in [0, 0.1) is 13.8 Å². The predicted octanol–water partition coefficient (Wildman–Crippen LogP) is 1.96. The van der Waals surface area contributed by atoms with Crippen LogP contribution in [0.15, 0.2) is 23.1 Å². The second-order valence-corrected chi connectivity index (χ2v) is 3.63. The zero-order valence-corrected chi connectivity index (χ0v) is 8.67. The molecular formula is C10H9ClN2O. The maximum Gasteiger partial charge on any atom is 0.276 e. The van der Waals surface area contributed by atoms with Crippen molar-refractivity contribution in [2.24, 2.45) is 0 Å². The SMILES string of the molecule is Cc1ccn2c(=O)c(Cl)c(C)nc2c1. The number of hydrogen-bond acceptors (Lipinski definition) is 2. The van der Waals surface area contributed by atoms with Gasteiger partial charge in [-0.3, -0.25) is 9.20 Å². The van der Waals surface area contributed by atoms with Crippen LogP contribution in [0.3, 0.4) is 0 Å². The number of fused-ring (bicyclic) bond motifs is 1. The minimum atomic E-state index is -0.214. The molecule has 3 nitrogen and oxygen atoms in total. The minimum Gasteiger partial charge on any atom is -0.267 e. The van der Waals surface area contributed by atoms with E-state index >= 15 is 0 Å². The first-order chi connectivity index (χ1) is 6.59. The van der Waals surface area contributed by atoms with Crippen molar-refractivity contribution in [3.8, 4) is 0 Å². The molecule has 0 aliphatic heterocycles. The Balaban J connectivity index is 2.98. The molecule has 2 rings (SSSR count). The van der Waals surface area contributed by atoms with Gasteiger partial charge < -0.3 is 0 Å². The van der Waals surface area contributed by atoms with Gasteiger partial charge in [0.25, 0.3) is 5.56 Å². The Bertz CT molecular complexity index is 560. The zero-order valence-electron chi connectivity index (χ0n) is 7.91. The summed E-state index contributed by atoms with van der Waals surface area (Å²) in [5.41, 5.74) is 2.06. The van der Waals surface area contributed by atoms with Gasteiger partial charge in [-0.25, -0.2) is 4.98 Å². The highest BCUT2D eigenvalue weighted by molar-refractivity contribution is 6.31. The van der Waals surface area contributed by atoms with E-state index in [-0.39, 0.29) is 10.6 Å². The summed E-state index contributed by atoms with van der Waals surface area (Å²) >= 11 is 5.80. The van der Waals surface area contributed by atoms with Gasteiger partial charge in [0.2, 0.25) is 0 Å². The van der Waals surface area contributed by atoms with Gasteiger partial charge in [-0.15, -0.1) is 0 Å². The maximum atomic E-state index is 11.7. The third-order valence-corrected chi connectivity index (χ3v) is 2.53. The van der Waals surface area contributed by atoms with Crippen molar-refractivity contribution in [1.29, 1.82) is 0 Å². The topological polar surface area (TPSA) is 34.4 Å². The Morgan fingerprint density at radius 1 is 1.43 bits per heavy atom. The average Bonchev–Trinajstić information content (AvgIpc) is 2.14. The van der Waals surface area contributed by atoms with Crippen LogP contribution in [0.2, 0.25) is 5.02 Å². The molecule has 0 N–H and O–H groups in total. The molecule has 2 aromatic rings. The summed E-state index contributed by atoms with van der Waals surface area (Å²) in [6.45, 7) is 3.68. The summed E-state index contributed by atoms with van der Waals surface area (Å²) in [4.78, 5) is 15.9. The molecule has 0 fully saturated rings. The largest absolute Gasteiger partial charge is 0.276 e. The first-order valence-electron chi connectivity index (χ1n) is 4.25. The lowest BCUT2D eigenvalue weighted by Gasteiger charge is -2.03. The number of halogens is 1. The van der Waals surface area contributed by atoms with Gasteiger partial charge in [-0.05, 0) is 31.5 Å². The number of aryl methyl sites for hydroxylation is 2. The van der Waals surface area contributed by atoms with Crippen LogP contribution in [0.25, 0.3) is 5.65 Å². The van der Waals surface area contributed by atoms with E-state index in [2.05, 4.69) is 4.98 Å². The quantitative estimate of drug-likeness (QED) is 0.664. The lowest BCUT2D eigenvalue weighted by molar-refractivity contribution is 1.01. The second-order valence-electron chi connectivity index (χ2n) is 3.25. The third kappa shape index (κ3) is 1.30. The molecule has 0 radical (unpaired) electrons. The molecule has 0 saturated heterocycles. The molecule has 0 bridgehead atoms. The van der Waals surface area contributed by atoms with Crippen molar-refractivity contribution in [3.63, 3.8) is 0 Å². The highest BCUT2D eigenvalue weighted by atomic mass is 35.5. The van der Waals surface area contributed by atoms with Crippen LogP contribution in [0.4, 0.5) is 0 Å². The lowest BCUT2D eigenvalue weighted by Crippen LogP contribution is -2.16. The Morgan fingerprint density at radius 3 is 2.86 bits per heavy atom. The van der Waals surface area contributed by atoms with Crippen LogP contribution in [-0.2, 0) is 0 Å². The number of nitrogens with zero attached hydrogens (tertiary/aromatic N) is 2. The van der Waals surface area contributed by atoms with Gasteiger partial charge in [0.15, 0.2) is 0 Å². The monoisotopic (exact) mass is 208 g/mol. The van der Waals surface area contributed by atoms with Crippen LogP contribution in [0.1, 0.15) is 11.3 Å². The van der Waals surface area contributed by atoms with Crippen molar-refractivity contribution in [3.05, 3.63) is 45.0 Å². The van der Waals surface area contributed by atoms with Gasteiger partial charge in [0.1, 0.15) is 10.7 Å². The van der Waals surface area contributed by atoms with Crippen LogP contribution < -0.4 is 5.56 Å². The average molecular weight is 209 g/mol. The first-order valence-corrected chi connectivity index (χ1v) is 4.62. The molecule has 0 saturated carbocycles. The Morgan fingerprint density at radius 2 is 2.14 bits per heavy atom. The molecule has 0 unspecified atom stereocenters. The van der Waals surface area contributed by atoms with E-state index < -0.39 is 0 Å². The van der Waals surface area contributed by atoms with E-state index in [1.807, 2.05) is 19.1 Å². The van der Waals surface area contributed by atoms with Crippen LogP contribution in [0.5, 0.6) is 0 Å². The van der Waals surface area contributed by atoms with Crippen LogP contribution in [-0.4, -0.2) is 9.38 Å². The second kappa shape index (κ2) is 3.10. The molecular weight excluding hydrogens is 200 g/mol. The Hall–Kier alpha value is -1.35. The molecule has 72 valence electrons. The highest BCUT2D eigenvalue weighted by Gasteiger charge is 2.06. The molecule has 0 aliphatic rings. The summed E-state index contributed by atoms with van der Waals surface area (Å²) in [5.74, 6) is 0. The Kier molecular flexibility index (Phi) is 2.04. The van der Waals surface area contributed by atoms with E-state index in [0.717, 1.165) is 5.56 Å². The smallest absolute Gasteiger partial charge is 0.267 e. The molecule has 2 heterocycles. The third-order valence-electron chi connectivity index (χ3n) is 2.10. The van der Waals surface area contributed by atoms with Gasteiger partial charge in [0, 0.05) is 6.20 Å². The molecule has 0 aliphatic carbocycles. The van der Waals surface area contributed by atoms with Crippen LogP contribution >= 0.6 is 11.6 Å². The van der Waals surface area contributed by atoms with E-state index in [4.69, 9.17) is 11.6 Å². The number of aromatic nitrogens is 2. The van der Waals surface area contributed by atoms with E-state index in [1.54, 1.807) is 13.1 Å². The van der Waals surface area contributed by atoms with Gasteiger partial charge >= 0.3 is 0 Å². The van der Waals surface area contributed by atoms with Crippen molar-refractivity contribution in [1.82, 2.24) is 9.38 Å². The zero-order chi connectivity index (χ0) is 10.3. The van der Waals surface area contributed by atoms with Crippen molar-refractivity contribution < 1.29 is 0 Å². The van der Waals surface area contributed by atoms with Crippen molar-refractivity contribution in [2.75, 3.05) is 0 Å². The summed E-state index contributed by atoms with van der Waals surface area (Å²) in [6.07, 6.45) is 1.69.